The molecule has 94 valence electrons. The molecule has 2 heterocycles. The second kappa shape index (κ2) is 4.37. The summed E-state index contributed by atoms with van der Waals surface area (Å²) in [6, 6.07) is 9.10. The zero-order valence-electron chi connectivity index (χ0n) is 9.70. The Kier molecular flexibility index (Phi) is 2.57. The van der Waals surface area contributed by atoms with E-state index in [0.29, 0.717) is 5.69 Å². The van der Waals surface area contributed by atoms with Gasteiger partial charge in [0.15, 0.2) is 0 Å². The van der Waals surface area contributed by atoms with E-state index in [2.05, 4.69) is 25.2 Å². The smallest absolute Gasteiger partial charge is 0.281 e. The van der Waals surface area contributed by atoms with Crippen molar-refractivity contribution in [1.82, 2.24) is 15.3 Å². The molecule has 3 rings (SSSR count). The highest BCUT2D eigenvalue weighted by molar-refractivity contribution is 6.06. The molecule has 0 bridgehead atoms. The predicted molar refractivity (Wildman–Crippen MR) is 68.4 cm³/mol. The quantitative estimate of drug-likeness (QED) is 0.717. The van der Waals surface area contributed by atoms with Crippen LogP contribution in [0.25, 0.3) is 10.9 Å². The van der Waals surface area contributed by atoms with Gasteiger partial charge >= 0.3 is 0 Å². The number of aromatic nitrogens is 3. The maximum absolute atomic E-state index is 11.9. The summed E-state index contributed by atoms with van der Waals surface area (Å²) >= 11 is 0. The van der Waals surface area contributed by atoms with E-state index in [1.165, 1.54) is 0 Å². The van der Waals surface area contributed by atoms with E-state index in [1.54, 1.807) is 12.3 Å². The van der Waals surface area contributed by atoms with Crippen LogP contribution in [0.5, 0.6) is 0 Å². The van der Waals surface area contributed by atoms with Crippen molar-refractivity contribution in [3.8, 4) is 0 Å². The molecule has 3 N–H and O–H groups in total. The fourth-order valence-electron chi connectivity index (χ4n) is 1.70. The largest absolute Gasteiger partial charge is 0.379 e. The minimum absolute atomic E-state index is 0.0358. The van der Waals surface area contributed by atoms with E-state index >= 15 is 0 Å². The number of fused-ring (bicyclic) bond motifs is 1. The molecule has 0 radical (unpaired) electrons. The SMILES string of the molecule is Nc1nonc1C(=O)Nc1ccc2ncccc2c1. The lowest BCUT2D eigenvalue weighted by Gasteiger charge is -2.04. The molecule has 0 aliphatic heterocycles. The minimum atomic E-state index is -0.470. The van der Waals surface area contributed by atoms with Gasteiger partial charge in [0.25, 0.3) is 5.91 Å². The summed E-state index contributed by atoms with van der Waals surface area (Å²) in [6.45, 7) is 0. The number of hydrogen-bond donors (Lipinski definition) is 2. The third-order valence-electron chi connectivity index (χ3n) is 2.59. The maximum Gasteiger partial charge on any atom is 0.281 e. The van der Waals surface area contributed by atoms with Crippen LogP contribution < -0.4 is 11.1 Å². The van der Waals surface area contributed by atoms with Gasteiger partial charge in [-0.3, -0.25) is 9.78 Å². The van der Waals surface area contributed by atoms with Gasteiger partial charge in [-0.25, -0.2) is 4.63 Å². The van der Waals surface area contributed by atoms with Crippen molar-refractivity contribution in [1.29, 1.82) is 0 Å². The van der Waals surface area contributed by atoms with Gasteiger partial charge in [0, 0.05) is 17.3 Å². The van der Waals surface area contributed by atoms with Gasteiger partial charge in [-0.1, -0.05) is 6.07 Å². The molecular weight excluding hydrogens is 246 g/mol. The molecule has 1 amide bonds. The van der Waals surface area contributed by atoms with Crippen LogP contribution in [0.4, 0.5) is 11.5 Å². The highest BCUT2D eigenvalue weighted by Crippen LogP contribution is 2.18. The first-order valence-electron chi connectivity index (χ1n) is 5.48. The summed E-state index contributed by atoms with van der Waals surface area (Å²) < 4.78 is 4.38. The van der Waals surface area contributed by atoms with Gasteiger partial charge < -0.3 is 11.1 Å². The van der Waals surface area contributed by atoms with Crippen molar-refractivity contribution >= 4 is 28.3 Å². The topological polar surface area (TPSA) is 107 Å². The van der Waals surface area contributed by atoms with Crippen LogP contribution in [0.1, 0.15) is 10.5 Å². The van der Waals surface area contributed by atoms with Gasteiger partial charge in [-0.05, 0) is 34.6 Å². The Morgan fingerprint density at radius 1 is 1.26 bits per heavy atom. The summed E-state index contributed by atoms with van der Waals surface area (Å²) in [4.78, 5) is 16.1. The zero-order chi connectivity index (χ0) is 13.2. The molecule has 0 atom stereocenters. The highest BCUT2D eigenvalue weighted by atomic mass is 16.6. The van der Waals surface area contributed by atoms with Crippen molar-refractivity contribution in [2.75, 3.05) is 11.1 Å². The Balaban J connectivity index is 1.89. The number of benzene rings is 1. The molecule has 0 aliphatic rings. The first-order chi connectivity index (χ1) is 9.24. The maximum atomic E-state index is 11.9. The van der Waals surface area contributed by atoms with Crippen LogP contribution in [-0.2, 0) is 0 Å². The summed E-state index contributed by atoms with van der Waals surface area (Å²) in [6.07, 6.45) is 1.71. The van der Waals surface area contributed by atoms with Gasteiger partial charge in [-0.2, -0.15) is 0 Å². The zero-order valence-corrected chi connectivity index (χ0v) is 9.70. The predicted octanol–water partition coefficient (Wildman–Crippen LogP) is 1.45. The summed E-state index contributed by atoms with van der Waals surface area (Å²) in [5.41, 5.74) is 6.88. The number of carbonyl (C=O) groups excluding carboxylic acids is 1. The van der Waals surface area contributed by atoms with E-state index in [-0.39, 0.29) is 11.5 Å². The lowest BCUT2D eigenvalue weighted by atomic mass is 10.2. The Labute approximate surface area is 107 Å². The van der Waals surface area contributed by atoms with Gasteiger partial charge in [0.1, 0.15) is 0 Å². The standard InChI is InChI=1S/C12H9N5O2/c13-11-10(16-19-17-11)12(18)15-8-3-4-9-7(6-8)2-1-5-14-9/h1-6H,(H2,13,17)(H,15,18). The lowest BCUT2D eigenvalue weighted by molar-refractivity contribution is 0.101. The van der Waals surface area contributed by atoms with E-state index < -0.39 is 5.91 Å². The normalized spacial score (nSPS) is 10.5. The summed E-state index contributed by atoms with van der Waals surface area (Å²) in [7, 11) is 0. The molecule has 0 unspecified atom stereocenters. The Hall–Kier alpha value is -2.96. The fourth-order valence-corrected chi connectivity index (χ4v) is 1.70. The Bertz CT molecular complexity index is 752. The minimum Gasteiger partial charge on any atom is -0.379 e. The molecule has 7 nitrogen and oxygen atoms in total. The molecule has 7 heteroatoms. The number of pyridine rings is 1. The number of rotatable bonds is 2. The molecule has 0 fully saturated rings. The third-order valence-corrected chi connectivity index (χ3v) is 2.59. The van der Waals surface area contributed by atoms with E-state index in [1.807, 2.05) is 24.3 Å². The molecule has 19 heavy (non-hydrogen) atoms. The Morgan fingerprint density at radius 3 is 2.95 bits per heavy atom. The van der Waals surface area contributed by atoms with Crippen LogP contribution in [0.2, 0.25) is 0 Å². The van der Waals surface area contributed by atoms with E-state index in [9.17, 15) is 4.79 Å². The summed E-state index contributed by atoms with van der Waals surface area (Å²) in [5.74, 6) is -0.512. The van der Waals surface area contributed by atoms with Gasteiger partial charge in [0.05, 0.1) is 5.52 Å². The molecule has 3 aromatic rings. The monoisotopic (exact) mass is 255 g/mol. The van der Waals surface area contributed by atoms with Crippen molar-refractivity contribution in [2.24, 2.45) is 0 Å². The van der Waals surface area contributed by atoms with Crippen LogP contribution in [-0.4, -0.2) is 21.2 Å². The molecular formula is C12H9N5O2. The van der Waals surface area contributed by atoms with E-state index in [0.717, 1.165) is 10.9 Å². The van der Waals surface area contributed by atoms with Crippen LogP contribution in [0, 0.1) is 0 Å². The second-order valence-corrected chi connectivity index (χ2v) is 3.86. The molecule has 1 aromatic carbocycles. The molecule has 2 aromatic heterocycles. The average molecular weight is 255 g/mol. The number of carbonyl (C=O) groups is 1. The van der Waals surface area contributed by atoms with Gasteiger partial charge in [-0.15, -0.1) is 0 Å². The molecule has 0 spiro atoms. The van der Waals surface area contributed by atoms with E-state index in [4.69, 9.17) is 5.73 Å². The third kappa shape index (κ3) is 2.08. The second-order valence-electron chi connectivity index (χ2n) is 3.86. The molecule has 0 saturated carbocycles. The van der Waals surface area contributed by atoms with Crippen molar-refractivity contribution in [3.05, 3.63) is 42.2 Å². The van der Waals surface area contributed by atoms with Crippen molar-refractivity contribution in [3.63, 3.8) is 0 Å². The Morgan fingerprint density at radius 2 is 2.16 bits per heavy atom. The highest BCUT2D eigenvalue weighted by Gasteiger charge is 2.15. The first kappa shape index (κ1) is 11.1. The number of hydrogen-bond acceptors (Lipinski definition) is 6. The average Bonchev–Trinajstić information content (AvgIpc) is 2.85. The number of anilines is 2. The number of amides is 1. The van der Waals surface area contributed by atoms with Crippen LogP contribution in [0.3, 0.4) is 0 Å². The van der Waals surface area contributed by atoms with Crippen molar-refractivity contribution < 1.29 is 9.42 Å². The number of nitrogens with zero attached hydrogens (tertiary/aromatic N) is 3. The fraction of sp³-hybridized carbons (Fsp3) is 0. The molecule has 0 aliphatic carbocycles. The van der Waals surface area contributed by atoms with Crippen LogP contribution in [0.15, 0.2) is 41.2 Å². The van der Waals surface area contributed by atoms with Crippen LogP contribution >= 0.6 is 0 Å². The number of nitrogens with one attached hydrogen (secondary N) is 1. The first-order valence-corrected chi connectivity index (χ1v) is 5.48. The lowest BCUT2D eigenvalue weighted by Crippen LogP contribution is -2.14. The number of nitrogens with two attached hydrogens (primary N) is 1. The summed E-state index contributed by atoms with van der Waals surface area (Å²) in [5, 5.41) is 10.4. The molecule has 0 saturated heterocycles. The van der Waals surface area contributed by atoms with Crippen molar-refractivity contribution in [2.45, 2.75) is 0 Å². The van der Waals surface area contributed by atoms with Gasteiger partial charge in [0.2, 0.25) is 11.5 Å². The number of nitrogen functional groups attached to an aromatic ring is 1.